The fourth-order valence-corrected chi connectivity index (χ4v) is 1.92. The lowest BCUT2D eigenvalue weighted by molar-refractivity contribution is -0.385. The number of nitro benzene ring substituents is 1. The Morgan fingerprint density at radius 1 is 1.47 bits per heavy atom. The van der Waals surface area contributed by atoms with Crippen LogP contribution in [-0.2, 0) is 6.54 Å². The molecule has 17 heavy (non-hydrogen) atoms. The normalized spacial score (nSPS) is 10.8. The molecule has 0 saturated carbocycles. The van der Waals surface area contributed by atoms with Gasteiger partial charge < -0.3 is 10.2 Å². The van der Waals surface area contributed by atoms with Crippen molar-refractivity contribution < 1.29 is 4.92 Å². The minimum absolute atomic E-state index is 0.108. The Labute approximate surface area is 109 Å². The quantitative estimate of drug-likeness (QED) is 0.496. The zero-order valence-corrected chi connectivity index (χ0v) is 11.5. The molecule has 0 aliphatic carbocycles. The summed E-state index contributed by atoms with van der Waals surface area (Å²) < 4.78 is 0.558. The molecule has 5 nitrogen and oxygen atoms in total. The second-order valence-electron chi connectivity index (χ2n) is 3.99. The number of likely N-dealkylation sites (N-methyl/N-ethyl adjacent to an activating group) is 1. The summed E-state index contributed by atoms with van der Waals surface area (Å²) in [7, 11) is 4.01. The van der Waals surface area contributed by atoms with Crippen LogP contribution in [0.3, 0.4) is 0 Å². The highest BCUT2D eigenvalue weighted by atomic mass is 79.9. The van der Waals surface area contributed by atoms with Crippen LogP contribution in [0.5, 0.6) is 0 Å². The molecule has 6 heteroatoms. The highest BCUT2D eigenvalue weighted by Gasteiger charge is 2.14. The molecule has 1 rings (SSSR count). The molecule has 0 aliphatic heterocycles. The van der Waals surface area contributed by atoms with Gasteiger partial charge in [-0.25, -0.2) is 0 Å². The molecule has 0 amide bonds. The highest BCUT2D eigenvalue weighted by molar-refractivity contribution is 9.10. The molecule has 0 unspecified atom stereocenters. The summed E-state index contributed by atoms with van der Waals surface area (Å²) in [5.74, 6) is 0. The Balaban J connectivity index is 2.59. The Kier molecular flexibility index (Phi) is 5.54. The summed E-state index contributed by atoms with van der Waals surface area (Å²) in [6.45, 7) is 2.41. The molecule has 1 N–H and O–H groups in total. The number of halogens is 1. The topological polar surface area (TPSA) is 58.4 Å². The van der Waals surface area contributed by atoms with E-state index < -0.39 is 0 Å². The molecule has 0 aliphatic rings. The summed E-state index contributed by atoms with van der Waals surface area (Å²) in [6.07, 6.45) is 0. The molecule has 1 aromatic carbocycles. The predicted molar refractivity (Wildman–Crippen MR) is 71.1 cm³/mol. The maximum absolute atomic E-state index is 10.7. The van der Waals surface area contributed by atoms with Crippen LogP contribution in [0, 0.1) is 10.1 Å². The van der Waals surface area contributed by atoms with Crippen LogP contribution in [0.2, 0.25) is 0 Å². The smallest absolute Gasteiger partial charge is 0.283 e. The van der Waals surface area contributed by atoms with Crippen molar-refractivity contribution in [1.29, 1.82) is 0 Å². The van der Waals surface area contributed by atoms with Gasteiger partial charge in [0.05, 0.1) is 9.40 Å². The summed E-state index contributed by atoms with van der Waals surface area (Å²) in [5, 5.41) is 14.0. The van der Waals surface area contributed by atoms with E-state index in [-0.39, 0.29) is 10.6 Å². The number of nitrogens with one attached hydrogen (secondary N) is 1. The van der Waals surface area contributed by atoms with E-state index in [4.69, 9.17) is 0 Å². The second kappa shape index (κ2) is 6.68. The average molecular weight is 302 g/mol. The first-order valence-electron chi connectivity index (χ1n) is 5.29. The van der Waals surface area contributed by atoms with Crippen molar-refractivity contribution in [3.8, 4) is 0 Å². The predicted octanol–water partition coefficient (Wildman–Crippen LogP) is 2.01. The number of rotatable bonds is 6. The Morgan fingerprint density at radius 3 is 2.76 bits per heavy atom. The number of nitro groups is 1. The van der Waals surface area contributed by atoms with Crippen LogP contribution in [0.1, 0.15) is 5.56 Å². The fourth-order valence-electron chi connectivity index (χ4n) is 1.37. The molecule has 1 aromatic rings. The van der Waals surface area contributed by atoms with Gasteiger partial charge in [-0.2, -0.15) is 0 Å². The van der Waals surface area contributed by atoms with Crippen molar-refractivity contribution in [1.82, 2.24) is 10.2 Å². The van der Waals surface area contributed by atoms with E-state index in [1.807, 2.05) is 20.2 Å². The standard InChI is InChI=1S/C11H16BrN3O2/c1-14(2)7-6-13-8-9-4-3-5-10(11(9)12)15(16)17/h3-5,13H,6-8H2,1-2H3. The van der Waals surface area contributed by atoms with Crippen molar-refractivity contribution in [3.05, 3.63) is 38.3 Å². The maximum Gasteiger partial charge on any atom is 0.283 e. The van der Waals surface area contributed by atoms with Gasteiger partial charge in [0.25, 0.3) is 5.69 Å². The van der Waals surface area contributed by atoms with Crippen molar-refractivity contribution in [3.63, 3.8) is 0 Å². The summed E-state index contributed by atoms with van der Waals surface area (Å²) in [6, 6.07) is 5.07. The zero-order chi connectivity index (χ0) is 12.8. The van der Waals surface area contributed by atoms with Crippen LogP contribution in [0.25, 0.3) is 0 Å². The lowest BCUT2D eigenvalue weighted by Crippen LogP contribution is -2.26. The van der Waals surface area contributed by atoms with Crippen molar-refractivity contribution >= 4 is 21.6 Å². The fraction of sp³-hybridized carbons (Fsp3) is 0.455. The van der Waals surface area contributed by atoms with Gasteiger partial charge in [-0.1, -0.05) is 12.1 Å². The Hall–Kier alpha value is -0.980. The minimum atomic E-state index is -0.382. The van der Waals surface area contributed by atoms with Gasteiger partial charge in [0.15, 0.2) is 0 Å². The second-order valence-corrected chi connectivity index (χ2v) is 4.78. The van der Waals surface area contributed by atoms with E-state index in [1.165, 1.54) is 6.07 Å². The Morgan fingerprint density at radius 2 is 2.18 bits per heavy atom. The molecule has 0 heterocycles. The first-order chi connectivity index (χ1) is 8.02. The molecule has 0 spiro atoms. The number of hydrogen-bond acceptors (Lipinski definition) is 4. The molecule has 0 fully saturated rings. The van der Waals surface area contributed by atoms with Crippen molar-refractivity contribution in [2.45, 2.75) is 6.54 Å². The largest absolute Gasteiger partial charge is 0.311 e. The number of benzene rings is 1. The third kappa shape index (κ3) is 4.41. The van der Waals surface area contributed by atoms with Crippen LogP contribution in [0.15, 0.2) is 22.7 Å². The van der Waals surface area contributed by atoms with Crippen molar-refractivity contribution in [2.75, 3.05) is 27.2 Å². The third-order valence-corrected chi connectivity index (χ3v) is 3.22. The van der Waals surface area contributed by atoms with Gasteiger partial charge in [0.2, 0.25) is 0 Å². The molecule has 0 aromatic heterocycles. The van der Waals surface area contributed by atoms with E-state index >= 15 is 0 Å². The van der Waals surface area contributed by atoms with Crippen LogP contribution >= 0.6 is 15.9 Å². The van der Waals surface area contributed by atoms with Gasteiger partial charge in [-0.05, 0) is 35.6 Å². The van der Waals surface area contributed by atoms with Gasteiger partial charge in [-0.3, -0.25) is 10.1 Å². The number of hydrogen-bond donors (Lipinski definition) is 1. The van der Waals surface area contributed by atoms with E-state index in [2.05, 4.69) is 26.1 Å². The number of nitrogens with zero attached hydrogens (tertiary/aromatic N) is 2. The highest BCUT2D eigenvalue weighted by Crippen LogP contribution is 2.27. The van der Waals surface area contributed by atoms with Crippen molar-refractivity contribution in [2.24, 2.45) is 0 Å². The minimum Gasteiger partial charge on any atom is -0.311 e. The van der Waals surface area contributed by atoms with Crippen LogP contribution in [-0.4, -0.2) is 37.0 Å². The zero-order valence-electron chi connectivity index (χ0n) is 9.94. The maximum atomic E-state index is 10.7. The van der Waals surface area contributed by atoms with Crippen LogP contribution < -0.4 is 5.32 Å². The van der Waals surface area contributed by atoms with Crippen LogP contribution in [0.4, 0.5) is 5.69 Å². The molecule has 94 valence electrons. The molecule has 0 atom stereocenters. The molecular weight excluding hydrogens is 286 g/mol. The molecule has 0 radical (unpaired) electrons. The monoisotopic (exact) mass is 301 g/mol. The summed E-state index contributed by atoms with van der Waals surface area (Å²) in [4.78, 5) is 12.4. The molecular formula is C11H16BrN3O2. The van der Waals surface area contributed by atoms with E-state index in [0.29, 0.717) is 11.0 Å². The molecule has 0 bridgehead atoms. The average Bonchev–Trinajstić information content (AvgIpc) is 2.25. The van der Waals surface area contributed by atoms with E-state index in [1.54, 1.807) is 6.07 Å². The van der Waals surface area contributed by atoms with Gasteiger partial charge in [0.1, 0.15) is 0 Å². The van der Waals surface area contributed by atoms with E-state index in [0.717, 1.165) is 18.7 Å². The summed E-state index contributed by atoms with van der Waals surface area (Å²) >= 11 is 3.27. The third-order valence-electron chi connectivity index (χ3n) is 2.31. The summed E-state index contributed by atoms with van der Waals surface area (Å²) in [5.41, 5.74) is 1.01. The van der Waals surface area contributed by atoms with Gasteiger partial charge in [-0.15, -0.1) is 0 Å². The van der Waals surface area contributed by atoms with Gasteiger partial charge >= 0.3 is 0 Å². The van der Waals surface area contributed by atoms with Gasteiger partial charge in [0, 0.05) is 25.7 Å². The Bertz CT molecular complexity index is 396. The van der Waals surface area contributed by atoms with E-state index in [9.17, 15) is 10.1 Å². The first kappa shape index (κ1) is 14.1. The lowest BCUT2D eigenvalue weighted by Gasteiger charge is -2.11. The first-order valence-corrected chi connectivity index (χ1v) is 6.09. The lowest BCUT2D eigenvalue weighted by atomic mass is 10.2. The SMILES string of the molecule is CN(C)CCNCc1cccc([N+](=O)[O-])c1Br. The molecule has 0 saturated heterocycles.